The summed E-state index contributed by atoms with van der Waals surface area (Å²) in [5.74, 6) is -8.17. The lowest BCUT2D eigenvalue weighted by Gasteiger charge is -2.18. The normalized spacial score (nSPS) is 13.6. The average molecular weight is 1550 g/mol. The van der Waals surface area contributed by atoms with Crippen LogP contribution in [0.15, 0.2) is 149 Å². The number of nitrogens with one attached hydrogen (secondary N) is 1. The van der Waals surface area contributed by atoms with Crippen molar-refractivity contribution >= 4 is 180 Å². The summed E-state index contributed by atoms with van der Waals surface area (Å²) in [6, 6.07) is 8.68. The molecule has 0 saturated heterocycles. The van der Waals surface area contributed by atoms with Crippen LogP contribution in [-0.4, -0.2) is 146 Å². The van der Waals surface area contributed by atoms with Gasteiger partial charge in [-0.25, -0.2) is 15.3 Å². The summed E-state index contributed by atoms with van der Waals surface area (Å²) in [7, 11) is -31.9. The number of nitrogen functional groups attached to an aromatic ring is 1. The first-order valence-corrected chi connectivity index (χ1v) is 35.8. The number of benzene rings is 7. The number of phenolic OH excluding ortho intramolecular Hbond substituents is 2. The molecule has 1 heterocycles. The number of quaternary nitrogens is 1. The van der Waals surface area contributed by atoms with Crippen LogP contribution in [-0.2, 0) is 81.4 Å². The number of fused-ring (bicyclic) bond motifs is 2. The number of ether oxygens (including phenoxy) is 1. The monoisotopic (exact) mass is 1550 g/mol. The number of azo groups is 4. The Hall–Kier alpha value is -9.09. The third-order valence-corrected chi connectivity index (χ3v) is 19.0. The van der Waals surface area contributed by atoms with Crippen molar-refractivity contribution in [2.24, 2.45) is 40.9 Å². The van der Waals surface area contributed by atoms with Crippen LogP contribution in [0.1, 0.15) is 16.9 Å². The first-order valence-electron chi connectivity index (χ1n) is 24.8. The summed E-state index contributed by atoms with van der Waals surface area (Å²) >= 11 is 3.02. The number of hydrogen-bond donors (Lipinski definition) is 15. The van der Waals surface area contributed by atoms with Crippen LogP contribution in [0.3, 0.4) is 0 Å². The molecule has 44 nitrogen and oxygen atoms in total. The van der Waals surface area contributed by atoms with Gasteiger partial charge in [-0.2, -0.15) is 69.7 Å². The Morgan fingerprint density at radius 3 is 1.82 bits per heavy atom. The molecule has 1 aromatic heterocycles. The number of anilines is 1. The molecular weight excluding hydrogens is 1510 g/mol. The number of aromatic hydroxyl groups is 3. The molecule has 2 atom stereocenters. The topological polar surface area (TPSA) is 709 Å². The number of hydrogen-bond acceptors (Lipinski definition) is 35. The Balaban J connectivity index is 1.25. The lowest BCUT2D eigenvalue weighted by molar-refractivity contribution is -0.991. The van der Waals surface area contributed by atoms with Crippen LogP contribution >= 0.6 is 23.6 Å². The van der Waals surface area contributed by atoms with E-state index in [1.807, 2.05) is 0 Å². The zero-order valence-electron chi connectivity index (χ0n) is 46.9. The number of carbonyl (C=O) groups is 1. The first-order chi connectivity index (χ1) is 45.4. The highest BCUT2D eigenvalue weighted by atomic mass is 35.5. The molecule has 0 aliphatic rings. The molecule has 0 fully saturated rings. The van der Waals surface area contributed by atoms with E-state index < -0.39 is 249 Å². The van der Waals surface area contributed by atoms with E-state index >= 15 is 0 Å². The van der Waals surface area contributed by atoms with Crippen molar-refractivity contribution in [3.05, 3.63) is 94.8 Å². The molecule has 8 aromatic rings. The van der Waals surface area contributed by atoms with Gasteiger partial charge in [0.2, 0.25) is 23.0 Å². The highest BCUT2D eigenvalue weighted by Gasteiger charge is 2.32. The molecule has 16 N–H and O–H groups in total. The summed E-state index contributed by atoms with van der Waals surface area (Å²) in [6.45, 7) is -0.680. The van der Waals surface area contributed by atoms with Gasteiger partial charge < -0.3 is 40.3 Å². The minimum Gasteiger partial charge on any atom is -0.595 e. The zero-order chi connectivity index (χ0) is 72.7. The minimum absolute atomic E-state index is 0.0800. The average Bonchev–Trinajstić information content (AvgIpc) is 0.791. The first kappa shape index (κ1) is 74.7. The van der Waals surface area contributed by atoms with E-state index in [1.165, 1.54) is 0 Å². The van der Waals surface area contributed by atoms with Crippen molar-refractivity contribution < 1.29 is 146 Å². The Kier molecular flexibility index (Phi) is 21.6. The van der Waals surface area contributed by atoms with E-state index in [4.69, 9.17) is 31.9 Å². The van der Waals surface area contributed by atoms with Gasteiger partial charge in [0.1, 0.15) is 59.4 Å². The number of carboxylic acids is 1. The minimum atomic E-state index is -5.82. The van der Waals surface area contributed by atoms with Gasteiger partial charge in [-0.3, -0.25) is 31.9 Å². The van der Waals surface area contributed by atoms with Crippen LogP contribution < -0.4 is 19.9 Å². The Bertz CT molecular complexity index is 5530. The predicted molar refractivity (Wildman–Crippen MR) is 326 cm³/mol. The van der Waals surface area contributed by atoms with Crippen molar-refractivity contribution in [3.63, 3.8) is 0 Å². The van der Waals surface area contributed by atoms with Gasteiger partial charge >= 0.3 is 17.3 Å². The van der Waals surface area contributed by atoms with E-state index in [2.05, 4.69) is 59.6 Å². The van der Waals surface area contributed by atoms with Crippen molar-refractivity contribution in [3.8, 4) is 34.6 Å². The van der Waals surface area contributed by atoms with Gasteiger partial charge in [0.15, 0.2) is 22.9 Å². The highest BCUT2D eigenvalue weighted by molar-refractivity contribution is 7.94. The standard InChI is InChI=1S/C45H35ClN12O32S8/c46-23-14-32(96(78,79)80)26(50-55-38-39(45(62)63)56-57(44(38)61)17-2-4-19(5-3-17)94(72,73)74)15-25(23)49-54-37-33(97(81,82)83)13-21-20(40(37)59)6-7-24(43(21)98(84,85)86)48-51-27-16-31(95(75,76)77)22-12-30(91-90-89-66)36(41(60)34(22)35(27)47)53-52-28-10-18(88-92(67)68)11-29(58(64)65)42(28)87-8-1-9-93(69,70)71/h2-7,10-16,58-61,64,66H,1,8-9,47H2,(H,62,63)(H,67,68)(H,69,70,71)(H,72,73,74)(H,75,76,77)(H,78,79,80)(H,81,82,83)(H,84,85,86). The number of phenols is 2. The molecule has 7 aromatic carbocycles. The molecule has 0 bridgehead atoms. The largest absolute Gasteiger partial charge is 0.595 e. The summed E-state index contributed by atoms with van der Waals surface area (Å²) in [6.07, 6.45) is -0.495. The van der Waals surface area contributed by atoms with Crippen LogP contribution in [0.5, 0.6) is 28.9 Å². The Labute approximate surface area is 556 Å². The quantitative estimate of drug-likeness (QED) is 0.00374. The predicted octanol–water partition coefficient (Wildman–Crippen LogP) is 7.13. The van der Waals surface area contributed by atoms with Crippen LogP contribution in [0, 0.1) is 5.21 Å². The molecule has 0 saturated carbocycles. The number of halogens is 1. The molecule has 0 radical (unpaired) electrons. The molecule has 53 heteroatoms. The summed E-state index contributed by atoms with van der Waals surface area (Å²) in [4.78, 5) is 5.42. The fraction of sp³-hybridized carbons (Fsp3) is 0.0667. The van der Waals surface area contributed by atoms with Crippen LogP contribution in [0.2, 0.25) is 5.02 Å². The Morgan fingerprint density at radius 1 is 0.653 bits per heavy atom. The maximum absolute atomic E-state index is 13.3. The smallest absolute Gasteiger partial charge is 0.358 e. The van der Waals surface area contributed by atoms with E-state index in [0.29, 0.717) is 35.0 Å². The van der Waals surface area contributed by atoms with Gasteiger partial charge in [-0.15, -0.1) is 45.2 Å². The molecule has 0 aliphatic heterocycles. The SMILES string of the molecule is Nc1c(N=Nc2ccc3c(O)c(N=Nc4cc(N=Nc5c(C(=O)O)nn(-c6ccc(S(=O)(=O)O)cc6)c5O)c(S(=O)(=O)O)cc4Cl)c(S(=O)(=O)O)cc3c2S(=O)(=O)O)cc(S(=O)(=O)O)c2cc(SOOO)c(N=Nc3cc(OS(=O)O)cc([NH+]([O-])O)c3OCCCS(=O)(=O)O)c(O)c12. The van der Waals surface area contributed by atoms with Gasteiger partial charge in [-0.1, -0.05) is 16.6 Å². The zero-order valence-corrected chi connectivity index (χ0v) is 54.2. The van der Waals surface area contributed by atoms with Crippen LogP contribution in [0.4, 0.5) is 56.9 Å². The third-order valence-electron chi connectivity index (χ3n) is 12.4. The molecule has 0 spiro atoms. The second-order valence-corrected chi connectivity index (χ2v) is 29.0. The maximum Gasteiger partial charge on any atom is 0.358 e. The maximum atomic E-state index is 13.3. The van der Waals surface area contributed by atoms with Gasteiger partial charge in [0, 0.05) is 22.2 Å². The molecular formula is C45H35ClN12O32S8. The van der Waals surface area contributed by atoms with Crippen molar-refractivity contribution in [2.75, 3.05) is 18.1 Å². The van der Waals surface area contributed by atoms with Crippen molar-refractivity contribution in [1.82, 2.24) is 9.78 Å². The highest BCUT2D eigenvalue weighted by Crippen LogP contribution is 2.52. The number of carboxylic acid groups (broad SMARTS) is 1. The fourth-order valence-electron chi connectivity index (χ4n) is 8.45. The molecule has 0 aliphatic carbocycles. The van der Waals surface area contributed by atoms with E-state index in [1.54, 1.807) is 0 Å². The molecule has 522 valence electrons. The van der Waals surface area contributed by atoms with Gasteiger partial charge in [0.05, 0.1) is 62.0 Å². The number of nitrogens with two attached hydrogens (primary N) is 1. The lowest BCUT2D eigenvalue weighted by Crippen LogP contribution is -2.99. The van der Waals surface area contributed by atoms with Gasteiger partial charge in [0.25, 0.3) is 60.7 Å². The summed E-state index contributed by atoms with van der Waals surface area (Å²) in [5.41, 5.74) is -4.59. The van der Waals surface area contributed by atoms with E-state index in [0.717, 1.165) is 42.5 Å². The summed E-state index contributed by atoms with van der Waals surface area (Å²) < 4.78 is 246. The van der Waals surface area contributed by atoms with E-state index in [9.17, 15) is 118 Å². The molecule has 8 rings (SSSR count). The van der Waals surface area contributed by atoms with Crippen molar-refractivity contribution in [2.45, 2.75) is 35.8 Å². The molecule has 98 heavy (non-hydrogen) atoms. The van der Waals surface area contributed by atoms with E-state index in [-0.39, 0.29) is 23.8 Å². The number of rotatable bonds is 26. The number of aromatic carboxylic acids is 1. The van der Waals surface area contributed by atoms with Crippen LogP contribution in [0.25, 0.3) is 27.2 Å². The third kappa shape index (κ3) is 16.7. The summed E-state index contributed by atoms with van der Waals surface area (Å²) in [5, 5.41) is 106. The van der Waals surface area contributed by atoms with Crippen molar-refractivity contribution in [1.29, 1.82) is 0 Å². The fourth-order valence-corrected chi connectivity index (χ4v) is 13.2. The number of nitrogens with zero attached hydrogens (tertiary/aromatic N) is 10. The lowest BCUT2D eigenvalue weighted by atomic mass is 10.0. The van der Waals surface area contributed by atoms with Gasteiger partial charge in [-0.05, 0) is 73.2 Å². The number of aromatic nitrogens is 2. The second-order valence-electron chi connectivity index (χ2n) is 18.7. The molecule has 0 amide bonds. The second kappa shape index (κ2) is 28.4. The Morgan fingerprint density at radius 2 is 1.24 bits per heavy atom. The molecule has 2 unspecified atom stereocenters.